The maximum absolute atomic E-state index is 11.5. The van der Waals surface area contributed by atoms with Crippen LogP contribution in [0.5, 0.6) is 0 Å². The molecule has 0 aliphatic rings. The molecule has 0 aliphatic carbocycles. The zero-order valence-corrected chi connectivity index (χ0v) is 14.6. The molecule has 24 heavy (non-hydrogen) atoms. The first-order valence-corrected chi connectivity index (χ1v) is 8.75. The van der Waals surface area contributed by atoms with Crippen LogP contribution in [-0.4, -0.2) is 15.9 Å². The average Bonchev–Trinajstić information content (AvgIpc) is 2.97. The van der Waals surface area contributed by atoms with Gasteiger partial charge in [-0.3, -0.25) is 4.79 Å². The molecule has 0 radical (unpaired) electrons. The predicted molar refractivity (Wildman–Crippen MR) is 98.1 cm³/mol. The van der Waals surface area contributed by atoms with Gasteiger partial charge in [-0.15, -0.1) is 11.3 Å². The Balaban J connectivity index is 2.01. The van der Waals surface area contributed by atoms with E-state index in [2.05, 4.69) is 28.3 Å². The van der Waals surface area contributed by atoms with E-state index in [1.807, 2.05) is 37.3 Å². The van der Waals surface area contributed by atoms with Gasteiger partial charge < -0.3 is 11.1 Å². The highest BCUT2D eigenvalue weighted by molar-refractivity contribution is 7.18. The number of fused-ring (bicyclic) bond motifs is 1. The Labute approximate surface area is 144 Å². The molecule has 2 aromatic heterocycles. The van der Waals surface area contributed by atoms with Gasteiger partial charge >= 0.3 is 0 Å². The largest absolute Gasteiger partial charge is 0.370 e. The van der Waals surface area contributed by atoms with Crippen LogP contribution in [0, 0.1) is 6.92 Å². The summed E-state index contributed by atoms with van der Waals surface area (Å²) < 4.78 is 0. The Bertz CT molecular complexity index is 860. The van der Waals surface area contributed by atoms with Crippen molar-refractivity contribution in [2.45, 2.75) is 32.7 Å². The minimum atomic E-state index is -0.349. The van der Waals surface area contributed by atoms with Gasteiger partial charge in [-0.25, -0.2) is 9.97 Å². The highest BCUT2D eigenvalue weighted by atomic mass is 32.1. The normalized spacial score (nSPS) is 12.2. The van der Waals surface area contributed by atoms with Crippen molar-refractivity contribution < 1.29 is 4.79 Å². The van der Waals surface area contributed by atoms with E-state index in [1.54, 1.807) is 11.3 Å². The number of carbonyl (C=O) groups is 1. The third-order valence-electron chi connectivity index (χ3n) is 3.82. The van der Waals surface area contributed by atoms with Crippen molar-refractivity contribution in [3.63, 3.8) is 0 Å². The van der Waals surface area contributed by atoms with Crippen LogP contribution >= 0.6 is 11.3 Å². The predicted octanol–water partition coefficient (Wildman–Crippen LogP) is 3.59. The molecule has 1 amide bonds. The van der Waals surface area contributed by atoms with E-state index in [1.165, 1.54) is 4.88 Å². The standard InChI is InChI=1S/C18H20N4OS/c1-3-13-9-14-17(20-11(2)21-18(14)24-13)22-15(10-16(19)23)12-7-5-4-6-8-12/h4-9,15H,3,10H2,1-2H3,(H2,19,23)(H,20,21,22)/t15-/m1/s1. The van der Waals surface area contributed by atoms with Crippen molar-refractivity contribution in [1.82, 2.24) is 9.97 Å². The number of rotatable bonds is 6. The Morgan fingerprint density at radius 1 is 1.29 bits per heavy atom. The number of thiophene rings is 1. The van der Waals surface area contributed by atoms with E-state index >= 15 is 0 Å². The minimum Gasteiger partial charge on any atom is -0.370 e. The van der Waals surface area contributed by atoms with Crippen molar-refractivity contribution in [2.75, 3.05) is 5.32 Å². The molecular weight excluding hydrogens is 320 g/mol. The van der Waals surface area contributed by atoms with Gasteiger partial charge in [0.05, 0.1) is 17.8 Å². The topological polar surface area (TPSA) is 80.9 Å². The van der Waals surface area contributed by atoms with Gasteiger partial charge in [0.1, 0.15) is 16.5 Å². The summed E-state index contributed by atoms with van der Waals surface area (Å²) in [5, 5.41) is 4.40. The quantitative estimate of drug-likeness (QED) is 0.718. The van der Waals surface area contributed by atoms with Gasteiger partial charge in [0, 0.05) is 4.88 Å². The van der Waals surface area contributed by atoms with Crippen LogP contribution in [-0.2, 0) is 11.2 Å². The van der Waals surface area contributed by atoms with Crippen LogP contribution in [0.25, 0.3) is 10.2 Å². The van der Waals surface area contributed by atoms with Crippen molar-refractivity contribution >= 4 is 33.3 Å². The summed E-state index contributed by atoms with van der Waals surface area (Å²) in [5.74, 6) is 1.11. The molecule has 6 heteroatoms. The third-order valence-corrected chi connectivity index (χ3v) is 5.00. The number of amides is 1. The van der Waals surface area contributed by atoms with Crippen LogP contribution in [0.15, 0.2) is 36.4 Å². The molecule has 3 aromatic rings. The molecule has 0 spiro atoms. The number of nitrogens with two attached hydrogens (primary N) is 1. The maximum atomic E-state index is 11.5. The van der Waals surface area contributed by atoms with Crippen molar-refractivity contribution in [2.24, 2.45) is 5.73 Å². The second kappa shape index (κ2) is 6.97. The molecule has 3 N–H and O–H groups in total. The number of nitrogens with zero attached hydrogens (tertiary/aromatic N) is 2. The number of carbonyl (C=O) groups excluding carboxylic acids is 1. The van der Waals surface area contributed by atoms with E-state index in [0.29, 0.717) is 5.82 Å². The molecule has 3 rings (SSSR count). The number of primary amides is 1. The molecule has 5 nitrogen and oxygen atoms in total. The molecule has 0 saturated carbocycles. The van der Waals surface area contributed by atoms with E-state index in [9.17, 15) is 4.79 Å². The van der Waals surface area contributed by atoms with Crippen molar-refractivity contribution in [3.8, 4) is 0 Å². The number of benzene rings is 1. The van der Waals surface area contributed by atoms with E-state index in [0.717, 1.165) is 28.0 Å². The first-order chi connectivity index (χ1) is 11.6. The van der Waals surface area contributed by atoms with Crippen LogP contribution < -0.4 is 11.1 Å². The molecular formula is C18H20N4OS. The Morgan fingerprint density at radius 2 is 2.04 bits per heavy atom. The monoisotopic (exact) mass is 340 g/mol. The highest BCUT2D eigenvalue weighted by Gasteiger charge is 2.18. The molecule has 0 fully saturated rings. The first kappa shape index (κ1) is 16.4. The summed E-state index contributed by atoms with van der Waals surface area (Å²) in [6, 6.07) is 11.7. The number of anilines is 1. The van der Waals surface area contributed by atoms with Crippen molar-refractivity contribution in [3.05, 3.63) is 52.7 Å². The Morgan fingerprint density at radius 3 is 2.71 bits per heavy atom. The molecule has 0 saturated heterocycles. The lowest BCUT2D eigenvalue weighted by molar-refractivity contribution is -0.118. The number of hydrogen-bond acceptors (Lipinski definition) is 5. The molecule has 124 valence electrons. The lowest BCUT2D eigenvalue weighted by atomic mass is 10.0. The van der Waals surface area contributed by atoms with Gasteiger partial charge in [-0.2, -0.15) is 0 Å². The maximum Gasteiger partial charge on any atom is 0.219 e. The van der Waals surface area contributed by atoms with Gasteiger partial charge in [0.25, 0.3) is 0 Å². The van der Waals surface area contributed by atoms with Crippen LogP contribution in [0.2, 0.25) is 0 Å². The summed E-state index contributed by atoms with van der Waals surface area (Å²) in [7, 11) is 0. The summed E-state index contributed by atoms with van der Waals surface area (Å²) >= 11 is 1.68. The zero-order chi connectivity index (χ0) is 17.1. The number of aromatic nitrogens is 2. The number of hydrogen-bond donors (Lipinski definition) is 2. The van der Waals surface area contributed by atoms with Gasteiger partial charge in [0.2, 0.25) is 5.91 Å². The minimum absolute atomic E-state index is 0.208. The van der Waals surface area contributed by atoms with E-state index < -0.39 is 0 Å². The lowest BCUT2D eigenvalue weighted by Gasteiger charge is -2.19. The van der Waals surface area contributed by atoms with Crippen LogP contribution in [0.3, 0.4) is 0 Å². The third kappa shape index (κ3) is 3.54. The van der Waals surface area contributed by atoms with Crippen molar-refractivity contribution in [1.29, 1.82) is 0 Å². The Kier molecular flexibility index (Phi) is 4.76. The van der Waals surface area contributed by atoms with Crippen LogP contribution in [0.4, 0.5) is 5.82 Å². The van der Waals surface area contributed by atoms with Gasteiger partial charge in [-0.05, 0) is 25.0 Å². The highest BCUT2D eigenvalue weighted by Crippen LogP contribution is 2.32. The van der Waals surface area contributed by atoms with Crippen LogP contribution in [0.1, 0.15) is 35.7 Å². The molecule has 0 unspecified atom stereocenters. The molecule has 0 bridgehead atoms. The second-order valence-electron chi connectivity index (χ2n) is 5.68. The van der Waals surface area contributed by atoms with Gasteiger partial charge in [-0.1, -0.05) is 37.3 Å². The summed E-state index contributed by atoms with van der Waals surface area (Å²) in [6.07, 6.45) is 1.17. The Hall–Kier alpha value is -2.47. The first-order valence-electron chi connectivity index (χ1n) is 7.93. The summed E-state index contributed by atoms with van der Waals surface area (Å²) in [5.41, 5.74) is 6.45. The van der Waals surface area contributed by atoms with E-state index in [4.69, 9.17) is 5.73 Å². The molecule has 2 heterocycles. The fourth-order valence-corrected chi connectivity index (χ4v) is 3.68. The zero-order valence-electron chi connectivity index (χ0n) is 13.7. The molecule has 1 atom stereocenters. The number of nitrogens with one attached hydrogen (secondary N) is 1. The smallest absolute Gasteiger partial charge is 0.219 e. The van der Waals surface area contributed by atoms with Gasteiger partial charge in [0.15, 0.2) is 0 Å². The van der Waals surface area contributed by atoms with E-state index in [-0.39, 0.29) is 18.4 Å². The number of aryl methyl sites for hydroxylation is 2. The summed E-state index contributed by atoms with van der Waals surface area (Å²) in [4.78, 5) is 22.8. The fourth-order valence-electron chi connectivity index (χ4n) is 2.67. The molecule has 1 aromatic carbocycles. The SMILES string of the molecule is CCc1cc2c(N[C@H](CC(N)=O)c3ccccc3)nc(C)nc2s1. The molecule has 0 aliphatic heterocycles. The summed E-state index contributed by atoms with van der Waals surface area (Å²) in [6.45, 7) is 4.00. The average molecular weight is 340 g/mol. The lowest BCUT2D eigenvalue weighted by Crippen LogP contribution is -2.21. The second-order valence-corrected chi connectivity index (χ2v) is 6.80. The fraction of sp³-hybridized carbons (Fsp3) is 0.278.